The van der Waals surface area contributed by atoms with Crippen LogP contribution in [-0.2, 0) is 9.59 Å². The Morgan fingerprint density at radius 2 is 2.06 bits per heavy atom. The largest absolute Gasteiger partial charge is 0.479 e. The highest BCUT2D eigenvalue weighted by molar-refractivity contribution is 5.92. The second kappa shape index (κ2) is 4.64. The van der Waals surface area contributed by atoms with Gasteiger partial charge in [-0.2, -0.15) is 0 Å². The molecule has 0 radical (unpaired) electrons. The fraction of sp³-hybridized carbons (Fsp3) is 0.833. The highest BCUT2D eigenvalue weighted by Gasteiger charge is 2.51. The molecule has 1 unspecified atom stereocenters. The van der Waals surface area contributed by atoms with Crippen LogP contribution >= 0.6 is 0 Å². The fourth-order valence-electron chi connectivity index (χ4n) is 2.53. The Kier molecular flexibility index (Phi) is 3.81. The van der Waals surface area contributed by atoms with Gasteiger partial charge in [0.25, 0.3) is 0 Å². The molecule has 1 saturated heterocycles. The summed E-state index contributed by atoms with van der Waals surface area (Å²) in [6.07, 6.45) is 2.48. The number of hydrogen-bond donors (Lipinski definition) is 2. The van der Waals surface area contributed by atoms with Crippen molar-refractivity contribution in [2.45, 2.75) is 57.5 Å². The van der Waals surface area contributed by atoms with Crippen molar-refractivity contribution in [3.8, 4) is 0 Å². The number of hydrogen-bond acceptors (Lipinski definition) is 3. The Bertz CT molecular complexity index is 322. The van der Waals surface area contributed by atoms with Gasteiger partial charge in [-0.3, -0.25) is 4.79 Å². The summed E-state index contributed by atoms with van der Waals surface area (Å²) in [6.45, 7) is 5.66. The monoisotopic (exact) mass is 242 g/mol. The number of carboxylic acid groups (broad SMARTS) is 1. The first-order valence-corrected chi connectivity index (χ1v) is 6.10. The van der Waals surface area contributed by atoms with Gasteiger partial charge in [0.2, 0.25) is 5.91 Å². The molecule has 5 heteroatoms. The molecule has 0 aromatic carbocycles. The fourth-order valence-corrected chi connectivity index (χ4v) is 2.53. The van der Waals surface area contributed by atoms with Gasteiger partial charge in [-0.25, -0.2) is 4.79 Å². The Morgan fingerprint density at radius 1 is 1.47 bits per heavy atom. The molecular weight excluding hydrogens is 220 g/mol. The molecule has 1 rings (SSSR count). The van der Waals surface area contributed by atoms with Crippen molar-refractivity contribution in [3.63, 3.8) is 0 Å². The zero-order valence-corrected chi connectivity index (χ0v) is 10.8. The van der Waals surface area contributed by atoms with Crippen LogP contribution in [0.25, 0.3) is 0 Å². The van der Waals surface area contributed by atoms with Crippen molar-refractivity contribution in [2.75, 3.05) is 6.54 Å². The number of carboxylic acids is 1. The first kappa shape index (κ1) is 14.0. The molecule has 5 nitrogen and oxygen atoms in total. The number of carbonyl (C=O) groups is 2. The molecule has 3 N–H and O–H groups in total. The van der Waals surface area contributed by atoms with E-state index in [1.165, 1.54) is 4.90 Å². The van der Waals surface area contributed by atoms with Gasteiger partial charge in [-0.15, -0.1) is 0 Å². The first-order valence-electron chi connectivity index (χ1n) is 6.10. The van der Waals surface area contributed by atoms with Crippen molar-refractivity contribution in [1.29, 1.82) is 0 Å². The lowest BCUT2D eigenvalue weighted by atomic mass is 9.89. The first-order chi connectivity index (χ1) is 7.75. The van der Waals surface area contributed by atoms with Crippen LogP contribution in [0.4, 0.5) is 0 Å². The Labute approximate surface area is 102 Å². The minimum absolute atomic E-state index is 0.272. The number of rotatable bonds is 4. The zero-order chi connectivity index (χ0) is 13.3. The standard InChI is InChI=1S/C12H22N2O3/c1-4-6-12(10(16)17)7-5-8-14(12)9(15)11(2,3)13/h4-8,13H2,1-3H3,(H,16,17). The lowest BCUT2D eigenvalue weighted by molar-refractivity contribution is -0.158. The lowest BCUT2D eigenvalue weighted by Gasteiger charge is -2.38. The van der Waals surface area contributed by atoms with Crippen LogP contribution in [0.2, 0.25) is 0 Å². The third-order valence-corrected chi connectivity index (χ3v) is 3.35. The molecule has 1 amide bonds. The normalized spacial score (nSPS) is 25.1. The summed E-state index contributed by atoms with van der Waals surface area (Å²) in [7, 11) is 0. The second-order valence-corrected chi connectivity index (χ2v) is 5.37. The maximum atomic E-state index is 12.2. The van der Waals surface area contributed by atoms with E-state index in [4.69, 9.17) is 5.73 Å². The van der Waals surface area contributed by atoms with Gasteiger partial charge in [0, 0.05) is 6.54 Å². The summed E-state index contributed by atoms with van der Waals surface area (Å²) in [5.74, 6) is -1.18. The van der Waals surface area contributed by atoms with Gasteiger partial charge in [-0.1, -0.05) is 13.3 Å². The van der Waals surface area contributed by atoms with E-state index in [1.54, 1.807) is 13.8 Å². The number of nitrogens with two attached hydrogens (primary N) is 1. The Hall–Kier alpha value is -1.10. The number of aliphatic carboxylic acids is 1. The minimum Gasteiger partial charge on any atom is -0.479 e. The zero-order valence-electron chi connectivity index (χ0n) is 10.8. The van der Waals surface area contributed by atoms with Crippen molar-refractivity contribution in [2.24, 2.45) is 5.73 Å². The molecule has 1 atom stereocenters. The van der Waals surface area contributed by atoms with Gasteiger partial charge in [0.05, 0.1) is 5.54 Å². The van der Waals surface area contributed by atoms with Gasteiger partial charge in [0.15, 0.2) is 0 Å². The SMILES string of the molecule is CCCC1(C(=O)O)CCCN1C(=O)C(C)(C)N. The predicted molar refractivity (Wildman–Crippen MR) is 64.5 cm³/mol. The Balaban J connectivity index is 3.05. The molecule has 1 aliphatic rings. The molecule has 1 heterocycles. The van der Waals surface area contributed by atoms with Gasteiger partial charge >= 0.3 is 5.97 Å². The lowest BCUT2D eigenvalue weighted by Crippen LogP contribution is -2.60. The van der Waals surface area contributed by atoms with Crippen LogP contribution < -0.4 is 5.73 Å². The van der Waals surface area contributed by atoms with Crippen molar-refractivity contribution < 1.29 is 14.7 Å². The summed E-state index contributed by atoms with van der Waals surface area (Å²) >= 11 is 0. The smallest absolute Gasteiger partial charge is 0.329 e. The van der Waals surface area contributed by atoms with Gasteiger partial charge in [-0.05, 0) is 33.1 Å². The van der Waals surface area contributed by atoms with E-state index < -0.39 is 17.0 Å². The predicted octanol–water partition coefficient (Wildman–Crippen LogP) is 0.970. The molecule has 1 fully saturated rings. The minimum atomic E-state index is -1.04. The maximum Gasteiger partial charge on any atom is 0.329 e. The summed E-state index contributed by atoms with van der Waals surface area (Å²) in [5, 5.41) is 9.45. The van der Waals surface area contributed by atoms with Crippen LogP contribution in [0.5, 0.6) is 0 Å². The molecule has 0 spiro atoms. The highest BCUT2D eigenvalue weighted by atomic mass is 16.4. The highest BCUT2D eigenvalue weighted by Crippen LogP contribution is 2.35. The number of nitrogens with zero attached hydrogens (tertiary/aromatic N) is 1. The molecular formula is C12H22N2O3. The third kappa shape index (κ3) is 2.44. The van der Waals surface area contributed by atoms with Crippen LogP contribution in [0, 0.1) is 0 Å². The summed E-state index contributed by atoms with van der Waals surface area (Å²) in [4.78, 5) is 25.2. The topological polar surface area (TPSA) is 83.6 Å². The van der Waals surface area contributed by atoms with E-state index in [0.717, 1.165) is 12.8 Å². The number of amides is 1. The molecule has 98 valence electrons. The van der Waals surface area contributed by atoms with Crippen LogP contribution in [0.3, 0.4) is 0 Å². The summed E-state index contributed by atoms with van der Waals surface area (Å²) < 4.78 is 0. The van der Waals surface area contributed by atoms with Crippen LogP contribution in [-0.4, -0.2) is 39.5 Å². The van der Waals surface area contributed by atoms with Crippen LogP contribution in [0.15, 0.2) is 0 Å². The Morgan fingerprint density at radius 3 is 2.47 bits per heavy atom. The van der Waals surface area contributed by atoms with E-state index in [1.807, 2.05) is 6.92 Å². The van der Waals surface area contributed by atoms with E-state index in [0.29, 0.717) is 19.4 Å². The van der Waals surface area contributed by atoms with E-state index in [-0.39, 0.29) is 5.91 Å². The molecule has 0 aromatic rings. The third-order valence-electron chi connectivity index (χ3n) is 3.35. The summed E-state index contributed by atoms with van der Waals surface area (Å²) in [5.41, 5.74) is 3.74. The van der Waals surface area contributed by atoms with Crippen molar-refractivity contribution >= 4 is 11.9 Å². The molecule has 17 heavy (non-hydrogen) atoms. The molecule has 0 aliphatic carbocycles. The average molecular weight is 242 g/mol. The van der Waals surface area contributed by atoms with Gasteiger partial charge < -0.3 is 15.7 Å². The van der Waals surface area contributed by atoms with E-state index in [2.05, 4.69) is 0 Å². The van der Waals surface area contributed by atoms with Crippen molar-refractivity contribution in [3.05, 3.63) is 0 Å². The second-order valence-electron chi connectivity index (χ2n) is 5.37. The maximum absolute atomic E-state index is 12.2. The summed E-state index contributed by atoms with van der Waals surface area (Å²) in [6, 6.07) is 0. The molecule has 1 aliphatic heterocycles. The molecule has 0 saturated carbocycles. The van der Waals surface area contributed by atoms with Crippen molar-refractivity contribution in [1.82, 2.24) is 4.90 Å². The van der Waals surface area contributed by atoms with Gasteiger partial charge in [0.1, 0.15) is 5.54 Å². The quantitative estimate of drug-likeness (QED) is 0.769. The molecule has 0 aromatic heterocycles. The van der Waals surface area contributed by atoms with E-state index >= 15 is 0 Å². The number of carbonyl (C=O) groups excluding carboxylic acids is 1. The molecule has 0 bridgehead atoms. The van der Waals surface area contributed by atoms with Crippen LogP contribution in [0.1, 0.15) is 46.5 Å². The number of likely N-dealkylation sites (tertiary alicyclic amines) is 1. The van der Waals surface area contributed by atoms with E-state index in [9.17, 15) is 14.7 Å². The average Bonchev–Trinajstić information content (AvgIpc) is 2.60.